The second kappa shape index (κ2) is 10.1. The van der Waals surface area contributed by atoms with E-state index in [1.165, 1.54) is 48.5 Å². The zero-order chi connectivity index (χ0) is 23.2. The number of halogens is 2. The number of carbonyl (C=O) groups excluding carboxylic acids is 1. The van der Waals surface area contributed by atoms with Crippen molar-refractivity contribution >= 4 is 5.97 Å². The lowest BCUT2D eigenvalue weighted by atomic mass is 10.0. The number of aliphatic hydroxyl groups excluding tert-OH is 1. The van der Waals surface area contributed by atoms with E-state index in [1.54, 1.807) is 24.3 Å². The summed E-state index contributed by atoms with van der Waals surface area (Å²) in [6.45, 7) is 0. The Balaban J connectivity index is 1.34. The van der Waals surface area contributed by atoms with Crippen molar-refractivity contribution in [2.24, 2.45) is 0 Å². The van der Waals surface area contributed by atoms with Crippen LogP contribution in [0.4, 0.5) is 8.78 Å². The van der Waals surface area contributed by atoms with Crippen LogP contribution in [0.25, 0.3) is 0 Å². The molecule has 0 aliphatic carbocycles. The van der Waals surface area contributed by atoms with E-state index in [4.69, 9.17) is 9.47 Å². The molecule has 0 fully saturated rings. The highest BCUT2D eigenvalue weighted by Gasteiger charge is 2.11. The van der Waals surface area contributed by atoms with Crippen LogP contribution in [0.15, 0.2) is 97.1 Å². The first-order valence-corrected chi connectivity index (χ1v) is 10.2. The van der Waals surface area contributed by atoms with E-state index in [-0.39, 0.29) is 11.6 Å². The van der Waals surface area contributed by atoms with E-state index in [0.29, 0.717) is 23.3 Å². The molecule has 0 bridgehead atoms. The van der Waals surface area contributed by atoms with Gasteiger partial charge in [-0.3, -0.25) is 0 Å². The molecule has 166 valence electrons. The van der Waals surface area contributed by atoms with Crippen molar-refractivity contribution in [3.8, 4) is 11.5 Å². The Morgan fingerprint density at radius 1 is 0.697 bits per heavy atom. The molecule has 4 rings (SSSR count). The fourth-order valence-corrected chi connectivity index (χ4v) is 3.17. The maximum Gasteiger partial charge on any atom is 0.343 e. The maximum atomic E-state index is 13.0. The smallest absolute Gasteiger partial charge is 0.343 e. The van der Waals surface area contributed by atoms with Crippen molar-refractivity contribution in [3.63, 3.8) is 0 Å². The van der Waals surface area contributed by atoms with E-state index >= 15 is 0 Å². The van der Waals surface area contributed by atoms with Crippen molar-refractivity contribution in [1.29, 1.82) is 0 Å². The standard InChI is InChI=1S/C27H20F2O4/c28-22-9-13-24(14-10-22)32-26(30)20-5-1-18(2-6-20)17-19-3-7-21(8-4-19)27(31)33-25-15-11-23(29)12-16-25/h1-16,26,30H,17H2. The van der Waals surface area contributed by atoms with Crippen molar-refractivity contribution < 1.29 is 28.2 Å². The molecule has 4 aromatic rings. The third kappa shape index (κ3) is 6.02. The van der Waals surface area contributed by atoms with Gasteiger partial charge in [0.15, 0.2) is 0 Å². The van der Waals surface area contributed by atoms with Gasteiger partial charge in [-0.25, -0.2) is 13.6 Å². The molecule has 0 amide bonds. The third-order valence-electron chi connectivity index (χ3n) is 4.95. The van der Waals surface area contributed by atoms with E-state index in [1.807, 2.05) is 24.3 Å². The highest BCUT2D eigenvalue weighted by molar-refractivity contribution is 5.91. The average molecular weight is 446 g/mol. The predicted molar refractivity (Wildman–Crippen MR) is 119 cm³/mol. The van der Waals surface area contributed by atoms with Crippen molar-refractivity contribution in [2.45, 2.75) is 12.7 Å². The van der Waals surface area contributed by atoms with Crippen molar-refractivity contribution in [3.05, 3.63) is 131 Å². The van der Waals surface area contributed by atoms with Crippen LogP contribution in [0, 0.1) is 11.6 Å². The Hall–Kier alpha value is -4.03. The third-order valence-corrected chi connectivity index (χ3v) is 4.95. The fraction of sp³-hybridized carbons (Fsp3) is 0.0741. The van der Waals surface area contributed by atoms with Crippen LogP contribution in [0.5, 0.6) is 11.5 Å². The van der Waals surface area contributed by atoms with E-state index < -0.39 is 18.1 Å². The first-order chi connectivity index (χ1) is 16.0. The highest BCUT2D eigenvalue weighted by atomic mass is 19.1. The van der Waals surface area contributed by atoms with Gasteiger partial charge in [0, 0.05) is 5.56 Å². The molecular weight excluding hydrogens is 426 g/mol. The van der Waals surface area contributed by atoms with Gasteiger partial charge in [-0.2, -0.15) is 0 Å². The zero-order valence-corrected chi connectivity index (χ0v) is 17.4. The predicted octanol–water partition coefficient (Wildman–Crippen LogP) is 5.84. The summed E-state index contributed by atoms with van der Waals surface area (Å²) >= 11 is 0. The first kappa shape index (κ1) is 22.2. The Morgan fingerprint density at radius 2 is 1.18 bits per heavy atom. The summed E-state index contributed by atoms with van der Waals surface area (Å²) in [5, 5.41) is 10.2. The van der Waals surface area contributed by atoms with Gasteiger partial charge in [0.25, 0.3) is 0 Å². The number of esters is 1. The van der Waals surface area contributed by atoms with Gasteiger partial charge in [-0.1, -0.05) is 36.4 Å². The van der Waals surface area contributed by atoms with Gasteiger partial charge in [0.2, 0.25) is 6.29 Å². The molecule has 1 atom stereocenters. The summed E-state index contributed by atoms with van der Waals surface area (Å²) in [4.78, 5) is 12.2. The van der Waals surface area contributed by atoms with Gasteiger partial charge in [0.05, 0.1) is 5.56 Å². The number of aliphatic hydroxyl groups is 1. The molecule has 0 aliphatic rings. The van der Waals surface area contributed by atoms with Crippen LogP contribution < -0.4 is 9.47 Å². The molecule has 0 aliphatic heterocycles. The average Bonchev–Trinajstić information content (AvgIpc) is 2.83. The molecule has 0 spiro atoms. The lowest BCUT2D eigenvalue weighted by Gasteiger charge is -2.14. The molecule has 0 aromatic heterocycles. The molecule has 6 heteroatoms. The van der Waals surface area contributed by atoms with Crippen LogP contribution in [-0.4, -0.2) is 11.1 Å². The summed E-state index contributed by atoms with van der Waals surface area (Å²) in [7, 11) is 0. The minimum Gasteiger partial charge on any atom is -0.461 e. The molecule has 4 aromatic carbocycles. The molecule has 0 heterocycles. The fourth-order valence-electron chi connectivity index (χ4n) is 3.17. The van der Waals surface area contributed by atoms with Crippen LogP contribution in [0.2, 0.25) is 0 Å². The van der Waals surface area contributed by atoms with Crippen LogP contribution in [-0.2, 0) is 6.42 Å². The SMILES string of the molecule is O=C(Oc1ccc(F)cc1)c1ccc(Cc2ccc(C(O)Oc3ccc(F)cc3)cc2)cc1. The Labute approximate surface area is 189 Å². The van der Waals surface area contributed by atoms with Crippen LogP contribution in [0.3, 0.4) is 0 Å². The monoisotopic (exact) mass is 446 g/mol. The van der Waals surface area contributed by atoms with Crippen LogP contribution >= 0.6 is 0 Å². The summed E-state index contributed by atoms with van der Waals surface area (Å²) in [6.07, 6.45) is -0.543. The molecule has 4 nitrogen and oxygen atoms in total. The van der Waals surface area contributed by atoms with Crippen molar-refractivity contribution in [2.75, 3.05) is 0 Å². The largest absolute Gasteiger partial charge is 0.461 e. The minimum absolute atomic E-state index is 0.274. The number of hydrogen-bond donors (Lipinski definition) is 1. The molecule has 1 N–H and O–H groups in total. The van der Waals surface area contributed by atoms with Gasteiger partial charge >= 0.3 is 5.97 Å². The molecule has 0 radical (unpaired) electrons. The maximum absolute atomic E-state index is 13.0. The number of carbonyl (C=O) groups is 1. The Kier molecular flexibility index (Phi) is 6.76. The van der Waals surface area contributed by atoms with Crippen molar-refractivity contribution in [1.82, 2.24) is 0 Å². The van der Waals surface area contributed by atoms with Gasteiger partial charge in [0.1, 0.15) is 23.1 Å². The number of benzene rings is 4. The van der Waals surface area contributed by atoms with Crippen LogP contribution in [0.1, 0.15) is 33.3 Å². The quantitative estimate of drug-likeness (QED) is 0.220. The topological polar surface area (TPSA) is 55.8 Å². The van der Waals surface area contributed by atoms with Gasteiger partial charge in [-0.15, -0.1) is 0 Å². The molecule has 33 heavy (non-hydrogen) atoms. The lowest BCUT2D eigenvalue weighted by molar-refractivity contribution is -0.0194. The van der Waals surface area contributed by atoms with E-state index in [2.05, 4.69) is 0 Å². The lowest BCUT2D eigenvalue weighted by Crippen LogP contribution is -2.08. The highest BCUT2D eigenvalue weighted by Crippen LogP contribution is 2.22. The minimum atomic E-state index is -1.17. The molecular formula is C27H20F2O4. The molecule has 0 saturated heterocycles. The van der Waals surface area contributed by atoms with Gasteiger partial charge in [-0.05, 0) is 78.2 Å². The van der Waals surface area contributed by atoms with Gasteiger partial charge < -0.3 is 14.6 Å². The Bertz CT molecular complexity index is 1200. The molecule has 0 saturated carbocycles. The summed E-state index contributed by atoms with van der Waals surface area (Å²) in [5.41, 5.74) is 2.96. The number of hydrogen-bond acceptors (Lipinski definition) is 4. The Morgan fingerprint density at radius 3 is 1.73 bits per heavy atom. The second-order valence-electron chi connectivity index (χ2n) is 7.38. The van der Waals surface area contributed by atoms with E-state index in [0.717, 1.165) is 11.1 Å². The number of rotatable bonds is 7. The first-order valence-electron chi connectivity index (χ1n) is 10.2. The second-order valence-corrected chi connectivity index (χ2v) is 7.38. The zero-order valence-electron chi connectivity index (χ0n) is 17.4. The number of ether oxygens (including phenoxy) is 2. The normalized spacial score (nSPS) is 11.6. The van der Waals surface area contributed by atoms with E-state index in [9.17, 15) is 18.7 Å². The summed E-state index contributed by atoms with van der Waals surface area (Å²) in [5.74, 6) is -0.657. The molecule has 1 unspecified atom stereocenters. The summed E-state index contributed by atoms with van der Waals surface area (Å²) < 4.78 is 36.6. The summed E-state index contributed by atoms with van der Waals surface area (Å²) in [6, 6.07) is 25.0.